The molecule has 0 saturated carbocycles. The van der Waals surface area contributed by atoms with Crippen LogP contribution in [0.1, 0.15) is 41.7 Å². The highest BCUT2D eigenvalue weighted by molar-refractivity contribution is 6.03. The number of rotatable bonds is 5. The molecule has 0 aliphatic carbocycles. The van der Waals surface area contributed by atoms with E-state index in [1.165, 1.54) is 12.8 Å². The van der Waals surface area contributed by atoms with Gasteiger partial charge in [-0.25, -0.2) is 9.48 Å². The lowest BCUT2D eigenvalue weighted by Crippen LogP contribution is -2.35. The van der Waals surface area contributed by atoms with Gasteiger partial charge in [-0.3, -0.25) is 4.79 Å². The Labute approximate surface area is 193 Å². The molecule has 2 aromatic carbocycles. The third-order valence-electron chi connectivity index (χ3n) is 5.69. The number of amides is 3. The molecule has 1 saturated heterocycles. The molecule has 0 unspecified atom stereocenters. The molecule has 3 aromatic rings. The minimum atomic E-state index is -0.318. The van der Waals surface area contributed by atoms with E-state index >= 15 is 0 Å². The highest BCUT2D eigenvalue weighted by Gasteiger charge is 2.16. The fraction of sp³-hybridized carbons (Fsp3) is 0.320. The highest BCUT2D eigenvalue weighted by atomic mass is 16.5. The van der Waals surface area contributed by atoms with Crippen LogP contribution in [0.25, 0.3) is 5.69 Å². The quantitative estimate of drug-likeness (QED) is 0.585. The van der Waals surface area contributed by atoms with E-state index in [0.717, 1.165) is 37.2 Å². The molecule has 1 aliphatic rings. The van der Waals surface area contributed by atoms with E-state index < -0.39 is 0 Å². The molecule has 1 aromatic heterocycles. The van der Waals surface area contributed by atoms with Gasteiger partial charge in [-0.15, -0.1) is 0 Å². The maximum Gasteiger partial charge on any atom is 0.321 e. The molecule has 0 bridgehead atoms. The van der Waals surface area contributed by atoms with Gasteiger partial charge >= 0.3 is 6.03 Å². The van der Waals surface area contributed by atoms with Crippen LogP contribution in [0.3, 0.4) is 0 Å². The molecule has 4 rings (SSSR count). The number of anilines is 2. The Kier molecular flexibility index (Phi) is 6.92. The van der Waals surface area contributed by atoms with E-state index in [4.69, 9.17) is 4.74 Å². The summed E-state index contributed by atoms with van der Waals surface area (Å²) in [5, 5.41) is 10.2. The number of hydrogen-bond acceptors (Lipinski definition) is 4. The van der Waals surface area contributed by atoms with Gasteiger partial charge in [-0.2, -0.15) is 5.10 Å². The van der Waals surface area contributed by atoms with Crippen LogP contribution in [0.15, 0.2) is 54.7 Å². The van der Waals surface area contributed by atoms with Gasteiger partial charge in [-0.1, -0.05) is 18.9 Å². The van der Waals surface area contributed by atoms with Gasteiger partial charge in [0.25, 0.3) is 5.91 Å². The number of likely N-dealkylation sites (tertiary alicyclic amines) is 1. The lowest BCUT2D eigenvalue weighted by Gasteiger charge is -2.20. The second kappa shape index (κ2) is 10.2. The molecule has 8 heteroatoms. The number of nitrogens with zero attached hydrogens (tertiary/aromatic N) is 3. The van der Waals surface area contributed by atoms with Crippen LogP contribution in [-0.4, -0.2) is 46.8 Å². The minimum Gasteiger partial charge on any atom is -0.494 e. The van der Waals surface area contributed by atoms with Gasteiger partial charge in [0, 0.05) is 30.7 Å². The maximum atomic E-state index is 12.7. The maximum absolute atomic E-state index is 12.7. The van der Waals surface area contributed by atoms with E-state index in [9.17, 15) is 9.59 Å². The van der Waals surface area contributed by atoms with Crippen molar-refractivity contribution in [2.24, 2.45) is 0 Å². The summed E-state index contributed by atoms with van der Waals surface area (Å²) in [6.45, 7) is 3.57. The second-order valence-corrected chi connectivity index (χ2v) is 8.18. The molecule has 2 heterocycles. The minimum absolute atomic E-state index is 0.0780. The van der Waals surface area contributed by atoms with E-state index in [1.54, 1.807) is 48.3 Å². The van der Waals surface area contributed by atoms with Gasteiger partial charge in [0.2, 0.25) is 0 Å². The fourth-order valence-corrected chi connectivity index (χ4v) is 3.87. The average molecular weight is 448 g/mol. The molecule has 3 amide bonds. The molecule has 1 aliphatic heterocycles. The van der Waals surface area contributed by atoms with E-state index in [2.05, 4.69) is 15.7 Å². The SMILES string of the molecule is COc1ccc(C)cc1-n1ccc(C(=O)Nc2ccc(NC(=O)N3CCCCCC3)cc2)n1. The monoisotopic (exact) mass is 447 g/mol. The zero-order valence-corrected chi connectivity index (χ0v) is 19.0. The predicted octanol–water partition coefficient (Wildman–Crippen LogP) is 4.85. The van der Waals surface area contributed by atoms with Gasteiger partial charge in [0.15, 0.2) is 5.69 Å². The standard InChI is InChI=1S/C25H29N5O3/c1-18-7-12-23(33-2)22(17-18)30-16-13-21(28-30)24(31)26-19-8-10-20(11-9-19)27-25(32)29-14-5-3-4-6-15-29/h7-13,16-17H,3-6,14-15H2,1-2H3,(H,26,31)(H,27,32). The Morgan fingerprint density at radius 3 is 2.24 bits per heavy atom. The topological polar surface area (TPSA) is 88.5 Å². The Morgan fingerprint density at radius 1 is 0.909 bits per heavy atom. The van der Waals surface area contributed by atoms with Crippen LogP contribution >= 0.6 is 0 Å². The second-order valence-electron chi connectivity index (χ2n) is 8.18. The van der Waals surface area contributed by atoms with Crippen molar-refractivity contribution in [1.29, 1.82) is 0 Å². The molecule has 8 nitrogen and oxygen atoms in total. The van der Waals surface area contributed by atoms with Crippen molar-refractivity contribution in [1.82, 2.24) is 14.7 Å². The Balaban J connectivity index is 1.38. The van der Waals surface area contributed by atoms with Crippen molar-refractivity contribution in [3.05, 3.63) is 66.0 Å². The summed E-state index contributed by atoms with van der Waals surface area (Å²) in [7, 11) is 1.60. The van der Waals surface area contributed by atoms with E-state index in [0.29, 0.717) is 17.1 Å². The molecule has 2 N–H and O–H groups in total. The summed E-state index contributed by atoms with van der Waals surface area (Å²) in [5.74, 6) is 0.357. The summed E-state index contributed by atoms with van der Waals surface area (Å²) in [6, 6.07) is 14.4. The first-order valence-corrected chi connectivity index (χ1v) is 11.2. The summed E-state index contributed by atoms with van der Waals surface area (Å²) in [6.07, 6.45) is 6.17. The first-order valence-electron chi connectivity index (χ1n) is 11.2. The average Bonchev–Trinajstić information content (AvgIpc) is 3.15. The molecule has 1 fully saturated rings. The number of methoxy groups -OCH3 is 1. The molecule has 172 valence electrons. The molecule has 0 atom stereocenters. The zero-order valence-electron chi connectivity index (χ0n) is 19.0. The van der Waals surface area contributed by atoms with Crippen LogP contribution < -0.4 is 15.4 Å². The van der Waals surface area contributed by atoms with Gasteiger partial charge < -0.3 is 20.3 Å². The molecule has 0 spiro atoms. The van der Waals surface area contributed by atoms with Crippen molar-refractivity contribution in [2.75, 3.05) is 30.8 Å². The van der Waals surface area contributed by atoms with Crippen molar-refractivity contribution in [3.8, 4) is 11.4 Å². The lowest BCUT2D eigenvalue weighted by molar-refractivity contribution is 0.102. The number of hydrogen-bond donors (Lipinski definition) is 2. The van der Waals surface area contributed by atoms with Crippen molar-refractivity contribution < 1.29 is 14.3 Å². The van der Waals surface area contributed by atoms with Crippen LogP contribution in [-0.2, 0) is 0 Å². The van der Waals surface area contributed by atoms with E-state index in [1.807, 2.05) is 30.0 Å². The van der Waals surface area contributed by atoms with Crippen molar-refractivity contribution in [3.63, 3.8) is 0 Å². The smallest absolute Gasteiger partial charge is 0.321 e. The third kappa shape index (κ3) is 5.52. The van der Waals surface area contributed by atoms with Crippen molar-refractivity contribution >= 4 is 23.3 Å². The number of aromatic nitrogens is 2. The van der Waals surface area contributed by atoms with Crippen LogP contribution in [0.5, 0.6) is 5.75 Å². The number of carbonyl (C=O) groups excluding carboxylic acids is 2. The molecular weight excluding hydrogens is 418 g/mol. The normalized spacial score (nSPS) is 13.8. The number of ether oxygens (including phenoxy) is 1. The Bertz CT molecular complexity index is 1120. The van der Waals surface area contributed by atoms with Gasteiger partial charge in [0.1, 0.15) is 11.4 Å². The number of carbonyl (C=O) groups is 2. The largest absolute Gasteiger partial charge is 0.494 e. The number of benzene rings is 2. The summed E-state index contributed by atoms with van der Waals surface area (Å²) in [4.78, 5) is 27.0. The number of urea groups is 1. The Hall–Kier alpha value is -3.81. The van der Waals surface area contributed by atoms with E-state index in [-0.39, 0.29) is 17.6 Å². The van der Waals surface area contributed by atoms with Crippen molar-refractivity contribution in [2.45, 2.75) is 32.6 Å². The first kappa shape index (κ1) is 22.4. The zero-order chi connectivity index (χ0) is 23.2. The number of aryl methyl sites for hydroxylation is 1. The third-order valence-corrected chi connectivity index (χ3v) is 5.69. The number of nitrogens with one attached hydrogen (secondary N) is 2. The van der Waals surface area contributed by atoms with Gasteiger partial charge in [0.05, 0.1) is 7.11 Å². The molecule has 0 radical (unpaired) electrons. The molecule has 33 heavy (non-hydrogen) atoms. The predicted molar refractivity (Wildman–Crippen MR) is 128 cm³/mol. The molecular formula is C25H29N5O3. The summed E-state index contributed by atoms with van der Waals surface area (Å²) in [5.41, 5.74) is 3.43. The Morgan fingerprint density at radius 2 is 1.58 bits per heavy atom. The summed E-state index contributed by atoms with van der Waals surface area (Å²) < 4.78 is 7.04. The van der Waals surface area contributed by atoms with Gasteiger partial charge in [-0.05, 0) is 67.8 Å². The fourth-order valence-electron chi connectivity index (χ4n) is 3.87. The first-order chi connectivity index (χ1) is 16.0. The van der Waals surface area contributed by atoms with Crippen LogP contribution in [0, 0.1) is 6.92 Å². The highest BCUT2D eigenvalue weighted by Crippen LogP contribution is 2.24. The summed E-state index contributed by atoms with van der Waals surface area (Å²) >= 11 is 0. The lowest BCUT2D eigenvalue weighted by atomic mass is 10.2. The van der Waals surface area contributed by atoms with Crippen LogP contribution in [0.4, 0.5) is 16.2 Å². The van der Waals surface area contributed by atoms with Crippen LogP contribution in [0.2, 0.25) is 0 Å².